The highest BCUT2D eigenvalue weighted by Crippen LogP contribution is 2.77. The molecular formula is C39H56O5. The molecule has 5 fully saturated rings. The van der Waals surface area contributed by atoms with E-state index in [4.69, 9.17) is 4.74 Å². The summed E-state index contributed by atoms with van der Waals surface area (Å²) in [6.07, 6.45) is 14.5. The number of carbonyl (C=O) groups is 1. The lowest BCUT2D eigenvalue weighted by atomic mass is 9.32. The number of hydrogen-bond acceptors (Lipinski definition) is 5. The predicted octanol–water partition coefficient (Wildman–Crippen LogP) is 8.67. The number of aliphatic hydroxyl groups is 1. The summed E-state index contributed by atoms with van der Waals surface area (Å²) in [6, 6.07) is 4.51. The lowest BCUT2D eigenvalue weighted by Gasteiger charge is -2.73. The van der Waals surface area contributed by atoms with E-state index in [-0.39, 0.29) is 50.6 Å². The van der Waals surface area contributed by atoms with Gasteiger partial charge in [0.05, 0.1) is 0 Å². The van der Waals surface area contributed by atoms with E-state index in [1.165, 1.54) is 55.9 Å². The lowest BCUT2D eigenvalue weighted by molar-refractivity contribution is -0.251. The minimum atomic E-state index is -0.355. The molecule has 0 bridgehead atoms. The van der Waals surface area contributed by atoms with E-state index < -0.39 is 0 Å². The van der Waals surface area contributed by atoms with Gasteiger partial charge >= 0.3 is 5.97 Å². The predicted molar refractivity (Wildman–Crippen MR) is 175 cm³/mol. The summed E-state index contributed by atoms with van der Waals surface area (Å²) in [4.78, 5) is 13.0. The van der Waals surface area contributed by atoms with Gasteiger partial charge in [0, 0.05) is 18.1 Å². The molecule has 0 aromatic heterocycles. The zero-order valence-electron chi connectivity index (χ0n) is 28.0. The summed E-state index contributed by atoms with van der Waals surface area (Å²) in [6.45, 7) is 19.5. The molecule has 5 nitrogen and oxygen atoms in total. The molecule has 1 aromatic carbocycles. The zero-order valence-corrected chi connectivity index (χ0v) is 28.0. The third-order valence-electron chi connectivity index (χ3n) is 15.2. The Balaban J connectivity index is 1.22. The number of esters is 1. The Morgan fingerprint density at radius 2 is 1.66 bits per heavy atom. The van der Waals surface area contributed by atoms with Crippen molar-refractivity contribution in [3.63, 3.8) is 0 Å². The average Bonchev–Trinajstić information content (AvgIpc) is 3.36. The topological polar surface area (TPSA) is 87.0 Å². The van der Waals surface area contributed by atoms with Crippen molar-refractivity contribution in [1.82, 2.24) is 0 Å². The van der Waals surface area contributed by atoms with Crippen LogP contribution < -0.4 is 0 Å². The smallest absolute Gasteiger partial charge is 0.331 e. The summed E-state index contributed by atoms with van der Waals surface area (Å²) in [7, 11) is 0. The molecule has 5 heteroatoms. The SMILES string of the molecule is C=C(C)[C@@H]1CC[C@]2(CO)CC[C@]3(C)C(CCC4[C@@]5(C)CC[C@H](OC(=O)C=Cc6ccc(O)c(O)c6)C(C)(C)C5CC[C@]43C)C12. The van der Waals surface area contributed by atoms with Crippen LogP contribution in [0.25, 0.3) is 6.08 Å². The fraction of sp³-hybridized carbons (Fsp3) is 0.718. The third kappa shape index (κ3) is 4.45. The molecule has 0 spiro atoms. The normalized spacial score (nSPS) is 44.2. The van der Waals surface area contributed by atoms with Crippen LogP contribution >= 0.6 is 0 Å². The van der Waals surface area contributed by atoms with Crippen LogP contribution in [0.2, 0.25) is 0 Å². The van der Waals surface area contributed by atoms with Gasteiger partial charge in [-0.25, -0.2) is 4.79 Å². The summed E-state index contributed by atoms with van der Waals surface area (Å²) >= 11 is 0. The first kappa shape index (κ1) is 31.7. The molecule has 5 saturated carbocycles. The van der Waals surface area contributed by atoms with E-state index >= 15 is 0 Å². The van der Waals surface area contributed by atoms with Gasteiger partial charge in [-0.2, -0.15) is 0 Å². The molecule has 44 heavy (non-hydrogen) atoms. The van der Waals surface area contributed by atoms with E-state index in [2.05, 4.69) is 48.1 Å². The van der Waals surface area contributed by atoms with Crippen LogP contribution in [-0.4, -0.2) is 34.0 Å². The maximum absolute atomic E-state index is 13.0. The summed E-state index contributed by atoms with van der Waals surface area (Å²) in [5.74, 6) is 2.10. The Labute approximate surface area is 265 Å². The van der Waals surface area contributed by atoms with Gasteiger partial charge in [0.25, 0.3) is 0 Å². The molecule has 1 aromatic rings. The molecule has 0 saturated heterocycles. The minimum Gasteiger partial charge on any atom is -0.504 e. The number of hydrogen-bond donors (Lipinski definition) is 3. The highest BCUT2D eigenvalue weighted by Gasteiger charge is 2.71. The number of aromatic hydroxyl groups is 2. The van der Waals surface area contributed by atoms with Crippen molar-refractivity contribution in [2.75, 3.05) is 6.61 Å². The number of fused-ring (bicyclic) bond motifs is 7. The third-order valence-corrected chi connectivity index (χ3v) is 15.2. The van der Waals surface area contributed by atoms with Crippen LogP contribution in [0.1, 0.15) is 111 Å². The molecule has 5 aliphatic carbocycles. The largest absolute Gasteiger partial charge is 0.504 e. The number of aliphatic hydroxyl groups excluding tert-OH is 1. The first-order chi connectivity index (χ1) is 20.6. The van der Waals surface area contributed by atoms with Crippen molar-refractivity contribution < 1.29 is 24.9 Å². The summed E-state index contributed by atoms with van der Waals surface area (Å²) in [5.41, 5.74) is 2.61. The van der Waals surface area contributed by atoms with Gasteiger partial charge in [0.15, 0.2) is 11.5 Å². The van der Waals surface area contributed by atoms with Crippen molar-refractivity contribution in [3.05, 3.63) is 42.0 Å². The van der Waals surface area contributed by atoms with Crippen molar-refractivity contribution in [1.29, 1.82) is 0 Å². The molecular weight excluding hydrogens is 548 g/mol. The van der Waals surface area contributed by atoms with E-state index in [9.17, 15) is 20.1 Å². The number of ether oxygens (including phenoxy) is 1. The second-order valence-electron chi connectivity index (χ2n) is 17.1. The number of allylic oxidation sites excluding steroid dienone is 1. The standard InChI is InChI=1S/C39H56O5/c1-24(2)26-14-19-39(23-40)21-20-37(6)27(34(26)39)10-12-31-36(5)17-16-32(35(3,4)30(36)15-18-38(31,37)7)44-33(43)13-9-25-8-11-28(41)29(42)22-25/h8-9,11,13,22,26-27,30-32,34,40-42H,1,10,12,14-21,23H2,2-7H3/t26-,27?,30?,31?,32-,34?,36-,37+,38+,39+/m0/s1. The molecule has 0 amide bonds. The van der Waals surface area contributed by atoms with Gasteiger partial charge < -0.3 is 20.1 Å². The average molecular weight is 605 g/mol. The van der Waals surface area contributed by atoms with Gasteiger partial charge in [-0.05, 0) is 146 Å². The van der Waals surface area contributed by atoms with E-state index in [0.717, 1.165) is 32.1 Å². The Hall–Kier alpha value is -2.27. The van der Waals surface area contributed by atoms with Crippen LogP contribution in [0, 0.1) is 56.7 Å². The van der Waals surface area contributed by atoms with Crippen molar-refractivity contribution in [2.24, 2.45) is 56.7 Å². The fourth-order valence-corrected chi connectivity index (χ4v) is 12.7. The number of rotatable bonds is 5. The molecule has 0 heterocycles. The fourth-order valence-electron chi connectivity index (χ4n) is 12.7. The molecule has 10 atom stereocenters. The molecule has 242 valence electrons. The second kappa shape index (κ2) is 10.6. The van der Waals surface area contributed by atoms with Gasteiger partial charge in [0.1, 0.15) is 6.10 Å². The van der Waals surface area contributed by atoms with Crippen molar-refractivity contribution in [2.45, 2.75) is 112 Å². The monoisotopic (exact) mass is 604 g/mol. The highest BCUT2D eigenvalue weighted by atomic mass is 16.5. The number of carbonyl (C=O) groups excluding carboxylic acids is 1. The summed E-state index contributed by atoms with van der Waals surface area (Å²) in [5, 5.41) is 30.2. The molecule has 0 aliphatic heterocycles. The number of benzene rings is 1. The molecule has 5 aliphatic rings. The van der Waals surface area contributed by atoms with Gasteiger partial charge in [0.2, 0.25) is 0 Å². The minimum absolute atomic E-state index is 0.0825. The van der Waals surface area contributed by atoms with Crippen LogP contribution in [-0.2, 0) is 9.53 Å². The first-order valence-corrected chi connectivity index (χ1v) is 17.3. The van der Waals surface area contributed by atoms with Crippen LogP contribution in [0.4, 0.5) is 0 Å². The van der Waals surface area contributed by atoms with Crippen LogP contribution in [0.3, 0.4) is 0 Å². The Bertz CT molecular complexity index is 1350. The molecule has 6 rings (SSSR count). The van der Waals surface area contributed by atoms with Crippen LogP contribution in [0.5, 0.6) is 11.5 Å². The Kier molecular flexibility index (Phi) is 7.67. The van der Waals surface area contributed by atoms with Crippen molar-refractivity contribution in [3.8, 4) is 11.5 Å². The second-order valence-corrected chi connectivity index (χ2v) is 17.1. The highest BCUT2D eigenvalue weighted by molar-refractivity contribution is 5.87. The lowest BCUT2D eigenvalue weighted by Crippen LogP contribution is -2.67. The maximum atomic E-state index is 13.0. The first-order valence-electron chi connectivity index (χ1n) is 17.3. The van der Waals surface area contributed by atoms with E-state index in [1.807, 2.05) is 0 Å². The molecule has 4 unspecified atom stereocenters. The molecule has 0 radical (unpaired) electrons. The van der Waals surface area contributed by atoms with E-state index in [1.54, 1.807) is 12.1 Å². The van der Waals surface area contributed by atoms with E-state index in [0.29, 0.717) is 41.8 Å². The summed E-state index contributed by atoms with van der Waals surface area (Å²) < 4.78 is 6.18. The van der Waals surface area contributed by atoms with Gasteiger partial charge in [-0.15, -0.1) is 0 Å². The quantitative estimate of drug-likeness (QED) is 0.135. The van der Waals surface area contributed by atoms with Gasteiger partial charge in [-0.3, -0.25) is 0 Å². The van der Waals surface area contributed by atoms with Crippen LogP contribution in [0.15, 0.2) is 36.4 Å². The van der Waals surface area contributed by atoms with Gasteiger partial charge in [-0.1, -0.05) is 52.8 Å². The zero-order chi connectivity index (χ0) is 31.9. The Morgan fingerprint density at radius 1 is 0.909 bits per heavy atom. The number of phenolic OH excluding ortho intramolecular Hbond substituents is 2. The molecule has 3 N–H and O–H groups in total. The Morgan fingerprint density at radius 3 is 2.34 bits per heavy atom. The maximum Gasteiger partial charge on any atom is 0.331 e. The van der Waals surface area contributed by atoms with Crippen molar-refractivity contribution >= 4 is 12.0 Å². The number of phenols is 2.